The van der Waals surface area contributed by atoms with Crippen LogP contribution in [-0.2, 0) is 6.54 Å². The smallest absolute Gasteiger partial charge is 0.259 e. The van der Waals surface area contributed by atoms with Crippen LogP contribution in [0.15, 0.2) is 41.9 Å². The number of carbonyl (C=O) groups excluding carboxylic acids is 1. The highest BCUT2D eigenvalue weighted by Crippen LogP contribution is 2.22. The third kappa shape index (κ3) is 3.76. The molecule has 3 heterocycles. The Hall–Kier alpha value is -2.31. The molecule has 0 atom stereocenters. The fourth-order valence-corrected chi connectivity index (χ4v) is 4.03. The van der Waals surface area contributed by atoms with Gasteiger partial charge in [0.15, 0.2) is 5.13 Å². The Morgan fingerprint density at radius 1 is 1.27 bits per heavy atom. The van der Waals surface area contributed by atoms with Crippen LogP contribution in [0.5, 0.6) is 0 Å². The van der Waals surface area contributed by atoms with Gasteiger partial charge in [-0.15, -0.1) is 11.3 Å². The Bertz CT molecular complexity index is 910. The number of thiazole rings is 1. The van der Waals surface area contributed by atoms with Crippen LogP contribution in [0.2, 0.25) is 0 Å². The predicted octanol–water partition coefficient (Wildman–Crippen LogP) is 4.18. The largest absolute Gasteiger partial charge is 0.298 e. The number of rotatable bonds is 4. The summed E-state index contributed by atoms with van der Waals surface area (Å²) in [4.78, 5) is 24.0. The second-order valence-electron chi connectivity index (χ2n) is 6.94. The lowest BCUT2D eigenvalue weighted by molar-refractivity contribution is 0.102. The van der Waals surface area contributed by atoms with Gasteiger partial charge in [0.25, 0.3) is 5.91 Å². The van der Waals surface area contributed by atoms with E-state index in [4.69, 9.17) is 0 Å². The van der Waals surface area contributed by atoms with Crippen LogP contribution in [0.3, 0.4) is 0 Å². The predicted molar refractivity (Wildman–Crippen MR) is 105 cm³/mol. The summed E-state index contributed by atoms with van der Waals surface area (Å²) in [6.45, 7) is 5.43. The molecule has 6 heteroatoms. The number of pyridine rings is 1. The molecule has 1 fully saturated rings. The number of amides is 1. The van der Waals surface area contributed by atoms with E-state index < -0.39 is 0 Å². The molecular weight excluding hydrogens is 344 g/mol. The van der Waals surface area contributed by atoms with Gasteiger partial charge >= 0.3 is 0 Å². The van der Waals surface area contributed by atoms with E-state index in [2.05, 4.69) is 27.1 Å². The lowest BCUT2D eigenvalue weighted by atomic mass is 9.99. The van der Waals surface area contributed by atoms with E-state index in [9.17, 15) is 4.79 Å². The molecule has 1 aliphatic heterocycles. The van der Waals surface area contributed by atoms with Gasteiger partial charge < -0.3 is 0 Å². The van der Waals surface area contributed by atoms with Crippen LogP contribution in [0.25, 0.3) is 10.9 Å². The fraction of sp³-hybridized carbons (Fsp3) is 0.350. The first kappa shape index (κ1) is 17.1. The number of piperidine rings is 1. The van der Waals surface area contributed by atoms with Crippen molar-refractivity contribution in [2.75, 3.05) is 18.4 Å². The number of hydrogen-bond acceptors (Lipinski definition) is 5. The molecule has 0 aliphatic carbocycles. The summed E-state index contributed by atoms with van der Waals surface area (Å²) in [5.41, 5.74) is 2.31. The van der Waals surface area contributed by atoms with Crippen molar-refractivity contribution < 1.29 is 4.79 Å². The maximum absolute atomic E-state index is 12.7. The van der Waals surface area contributed by atoms with E-state index in [0.717, 1.165) is 36.6 Å². The molecule has 3 aromatic rings. The lowest BCUT2D eigenvalue weighted by Crippen LogP contribution is -2.32. The van der Waals surface area contributed by atoms with Crippen LogP contribution in [0.1, 0.15) is 35.8 Å². The van der Waals surface area contributed by atoms with Crippen molar-refractivity contribution in [2.45, 2.75) is 26.3 Å². The number of para-hydroxylation sites is 1. The van der Waals surface area contributed by atoms with E-state index in [-0.39, 0.29) is 5.91 Å². The molecule has 1 aromatic carbocycles. The van der Waals surface area contributed by atoms with E-state index in [0.29, 0.717) is 16.2 Å². The maximum Gasteiger partial charge on any atom is 0.259 e. The lowest BCUT2D eigenvalue weighted by Gasteiger charge is -2.29. The Labute approximate surface area is 157 Å². The van der Waals surface area contributed by atoms with Crippen molar-refractivity contribution in [2.24, 2.45) is 5.92 Å². The first-order valence-corrected chi connectivity index (χ1v) is 9.89. The second-order valence-corrected chi connectivity index (χ2v) is 7.80. The number of benzene rings is 1. The zero-order valence-corrected chi connectivity index (χ0v) is 15.6. The van der Waals surface area contributed by atoms with E-state index >= 15 is 0 Å². The zero-order chi connectivity index (χ0) is 17.9. The number of fused-ring (bicyclic) bond motifs is 1. The van der Waals surface area contributed by atoms with Crippen molar-refractivity contribution in [3.8, 4) is 0 Å². The van der Waals surface area contributed by atoms with E-state index in [1.54, 1.807) is 12.3 Å². The van der Waals surface area contributed by atoms with Gasteiger partial charge in [0.1, 0.15) is 0 Å². The first-order valence-electron chi connectivity index (χ1n) is 9.01. The Morgan fingerprint density at radius 3 is 2.92 bits per heavy atom. The Balaban J connectivity index is 1.44. The molecular formula is C20H22N4OS. The van der Waals surface area contributed by atoms with Crippen molar-refractivity contribution in [1.82, 2.24) is 14.9 Å². The quantitative estimate of drug-likeness (QED) is 0.753. The number of anilines is 1. The molecule has 0 radical (unpaired) electrons. The van der Waals surface area contributed by atoms with Gasteiger partial charge in [0.2, 0.25) is 0 Å². The van der Waals surface area contributed by atoms with Gasteiger partial charge in [0.05, 0.1) is 16.8 Å². The van der Waals surface area contributed by atoms with Crippen LogP contribution in [0.4, 0.5) is 5.13 Å². The molecule has 5 nitrogen and oxygen atoms in total. The van der Waals surface area contributed by atoms with Gasteiger partial charge in [-0.05, 0) is 44.0 Å². The van der Waals surface area contributed by atoms with Crippen LogP contribution in [0, 0.1) is 5.92 Å². The zero-order valence-electron chi connectivity index (χ0n) is 14.8. The molecule has 1 saturated heterocycles. The normalized spacial score (nSPS) is 16.0. The van der Waals surface area contributed by atoms with Crippen molar-refractivity contribution in [3.63, 3.8) is 0 Å². The third-order valence-corrected chi connectivity index (χ3v) is 5.72. The number of aromatic nitrogens is 2. The summed E-state index contributed by atoms with van der Waals surface area (Å²) >= 11 is 1.48. The molecule has 26 heavy (non-hydrogen) atoms. The molecule has 134 valence electrons. The van der Waals surface area contributed by atoms with Crippen LogP contribution >= 0.6 is 11.3 Å². The summed E-state index contributed by atoms with van der Waals surface area (Å²) in [5, 5.41) is 6.56. The van der Waals surface area contributed by atoms with Gasteiger partial charge in [-0.1, -0.05) is 25.1 Å². The average molecular weight is 366 g/mol. The molecule has 2 aromatic heterocycles. The topological polar surface area (TPSA) is 58.1 Å². The summed E-state index contributed by atoms with van der Waals surface area (Å²) < 4.78 is 0. The number of likely N-dealkylation sites (tertiary alicyclic amines) is 1. The SMILES string of the molecule is CC1CCN(Cc2csc(NC(=O)c3cccc4cccnc34)n2)CC1. The van der Waals surface area contributed by atoms with Gasteiger partial charge in [-0.25, -0.2) is 4.98 Å². The minimum absolute atomic E-state index is 0.165. The van der Waals surface area contributed by atoms with E-state index in [1.807, 2.05) is 29.6 Å². The van der Waals surface area contributed by atoms with Crippen molar-refractivity contribution >= 4 is 33.3 Å². The number of nitrogens with zero attached hydrogens (tertiary/aromatic N) is 3. The monoisotopic (exact) mass is 366 g/mol. The van der Waals surface area contributed by atoms with Crippen LogP contribution in [-0.4, -0.2) is 33.9 Å². The fourth-order valence-electron chi connectivity index (χ4n) is 3.34. The molecule has 0 unspecified atom stereocenters. The van der Waals surface area contributed by atoms with Crippen LogP contribution < -0.4 is 5.32 Å². The number of carbonyl (C=O) groups is 1. The minimum Gasteiger partial charge on any atom is -0.298 e. The highest BCUT2D eigenvalue weighted by atomic mass is 32.1. The molecule has 0 saturated carbocycles. The minimum atomic E-state index is -0.165. The van der Waals surface area contributed by atoms with Gasteiger partial charge in [0, 0.05) is 23.5 Å². The van der Waals surface area contributed by atoms with Gasteiger partial charge in [-0.3, -0.25) is 20.0 Å². The third-order valence-electron chi connectivity index (χ3n) is 4.91. The standard InChI is InChI=1S/C20H22N4OS/c1-14-7-10-24(11-8-14)12-16-13-26-20(22-16)23-19(25)17-6-2-4-15-5-3-9-21-18(15)17/h2-6,9,13-14H,7-8,10-12H2,1H3,(H,22,23,25). The molecule has 4 rings (SSSR count). The molecule has 1 N–H and O–H groups in total. The highest BCUT2D eigenvalue weighted by molar-refractivity contribution is 7.14. The highest BCUT2D eigenvalue weighted by Gasteiger charge is 2.17. The summed E-state index contributed by atoms with van der Waals surface area (Å²) in [5.74, 6) is 0.660. The van der Waals surface area contributed by atoms with Gasteiger partial charge in [-0.2, -0.15) is 0 Å². The Kier molecular flexibility index (Phi) is 4.95. The van der Waals surface area contributed by atoms with E-state index in [1.165, 1.54) is 24.2 Å². The summed E-state index contributed by atoms with van der Waals surface area (Å²) in [6.07, 6.45) is 4.21. The molecule has 1 amide bonds. The summed E-state index contributed by atoms with van der Waals surface area (Å²) in [7, 11) is 0. The molecule has 1 aliphatic rings. The molecule has 0 bridgehead atoms. The first-order chi connectivity index (χ1) is 12.7. The van der Waals surface area contributed by atoms with Crippen molar-refractivity contribution in [3.05, 3.63) is 53.2 Å². The maximum atomic E-state index is 12.7. The molecule has 0 spiro atoms. The number of nitrogens with one attached hydrogen (secondary N) is 1. The summed E-state index contributed by atoms with van der Waals surface area (Å²) in [6, 6.07) is 9.47. The Morgan fingerprint density at radius 2 is 2.08 bits per heavy atom. The number of hydrogen-bond donors (Lipinski definition) is 1. The van der Waals surface area contributed by atoms with Crippen molar-refractivity contribution in [1.29, 1.82) is 0 Å². The second kappa shape index (κ2) is 7.51. The average Bonchev–Trinajstić information content (AvgIpc) is 3.10.